The fourth-order valence-electron chi connectivity index (χ4n) is 1.67. The molecular weight excluding hydrogens is 164 g/mol. The highest BCUT2D eigenvalue weighted by molar-refractivity contribution is 5.70. The monoisotopic (exact) mass is 182 g/mol. The molecule has 0 spiro atoms. The van der Waals surface area contributed by atoms with Gasteiger partial charge in [0.05, 0.1) is 0 Å². The van der Waals surface area contributed by atoms with E-state index < -0.39 is 0 Å². The molecule has 0 unspecified atom stereocenters. The van der Waals surface area contributed by atoms with Gasteiger partial charge in [-0.25, -0.2) is 0 Å². The molecule has 1 rings (SSSR count). The van der Waals surface area contributed by atoms with Crippen LogP contribution in [0.1, 0.15) is 52.4 Å². The van der Waals surface area contributed by atoms with Gasteiger partial charge in [-0.05, 0) is 31.3 Å². The van der Waals surface area contributed by atoms with E-state index in [0.717, 1.165) is 37.9 Å². The van der Waals surface area contributed by atoms with E-state index in [0.29, 0.717) is 6.42 Å². The summed E-state index contributed by atoms with van der Waals surface area (Å²) in [4.78, 5) is 11.2. The van der Waals surface area contributed by atoms with Crippen LogP contribution in [0.3, 0.4) is 0 Å². The molecule has 0 aromatic rings. The van der Waals surface area contributed by atoms with E-state index in [4.69, 9.17) is 4.74 Å². The predicted molar refractivity (Wildman–Crippen MR) is 52.2 cm³/mol. The molecule has 2 heteroatoms. The van der Waals surface area contributed by atoms with Crippen molar-refractivity contribution in [3.63, 3.8) is 0 Å². The normalized spacial score (nSPS) is 16.5. The topological polar surface area (TPSA) is 26.3 Å². The Kier molecular flexibility index (Phi) is 4.00. The SMILES string of the molecule is CCCC(=O)OC1=C(CC)CCC1. The van der Waals surface area contributed by atoms with Crippen molar-refractivity contribution >= 4 is 5.97 Å². The van der Waals surface area contributed by atoms with Crippen LogP contribution in [0.25, 0.3) is 0 Å². The van der Waals surface area contributed by atoms with Crippen LogP contribution in [-0.2, 0) is 9.53 Å². The van der Waals surface area contributed by atoms with E-state index in [1.54, 1.807) is 0 Å². The molecule has 1 aliphatic rings. The summed E-state index contributed by atoms with van der Waals surface area (Å²) in [5.74, 6) is 0.895. The first kappa shape index (κ1) is 10.3. The van der Waals surface area contributed by atoms with Crippen molar-refractivity contribution in [3.05, 3.63) is 11.3 Å². The smallest absolute Gasteiger partial charge is 0.310 e. The number of rotatable bonds is 4. The lowest BCUT2D eigenvalue weighted by Crippen LogP contribution is -2.03. The van der Waals surface area contributed by atoms with Crippen molar-refractivity contribution < 1.29 is 9.53 Å². The maximum Gasteiger partial charge on any atom is 0.310 e. The van der Waals surface area contributed by atoms with E-state index in [1.165, 1.54) is 5.57 Å². The third kappa shape index (κ3) is 2.87. The standard InChI is InChI=1S/C11H18O2/c1-3-6-11(12)13-10-8-5-7-9(10)4-2/h3-8H2,1-2H3. The Balaban J connectivity index is 2.47. The van der Waals surface area contributed by atoms with E-state index in [2.05, 4.69) is 6.92 Å². The van der Waals surface area contributed by atoms with E-state index in [-0.39, 0.29) is 5.97 Å². The molecule has 0 saturated heterocycles. The summed E-state index contributed by atoms with van der Waals surface area (Å²) in [7, 11) is 0. The molecule has 1 aliphatic carbocycles. The Bertz CT molecular complexity index is 216. The minimum Gasteiger partial charge on any atom is -0.431 e. The van der Waals surface area contributed by atoms with Crippen LogP contribution in [0.2, 0.25) is 0 Å². The van der Waals surface area contributed by atoms with Gasteiger partial charge in [0.25, 0.3) is 0 Å². The lowest BCUT2D eigenvalue weighted by molar-refractivity contribution is -0.139. The molecule has 0 bridgehead atoms. The number of esters is 1. The fourth-order valence-corrected chi connectivity index (χ4v) is 1.67. The van der Waals surface area contributed by atoms with Gasteiger partial charge in [-0.3, -0.25) is 4.79 Å². The minimum absolute atomic E-state index is 0.0645. The second kappa shape index (κ2) is 5.05. The van der Waals surface area contributed by atoms with Crippen LogP contribution in [-0.4, -0.2) is 5.97 Å². The number of carbonyl (C=O) groups excluding carboxylic acids is 1. The number of hydrogen-bond acceptors (Lipinski definition) is 2. The average Bonchev–Trinajstić information content (AvgIpc) is 2.52. The third-order valence-corrected chi connectivity index (χ3v) is 2.39. The summed E-state index contributed by atoms with van der Waals surface area (Å²) >= 11 is 0. The quantitative estimate of drug-likeness (QED) is 0.624. The fraction of sp³-hybridized carbons (Fsp3) is 0.727. The Morgan fingerprint density at radius 1 is 1.38 bits per heavy atom. The first-order valence-electron chi connectivity index (χ1n) is 5.19. The molecule has 0 aliphatic heterocycles. The van der Waals surface area contributed by atoms with E-state index >= 15 is 0 Å². The Labute approximate surface area is 80.0 Å². The highest BCUT2D eigenvalue weighted by Gasteiger charge is 2.16. The maximum atomic E-state index is 11.2. The molecule has 0 saturated carbocycles. The van der Waals surface area contributed by atoms with Gasteiger partial charge in [0.1, 0.15) is 5.76 Å². The van der Waals surface area contributed by atoms with Crippen LogP contribution in [0.5, 0.6) is 0 Å². The van der Waals surface area contributed by atoms with Crippen molar-refractivity contribution in [2.45, 2.75) is 52.4 Å². The molecule has 0 radical (unpaired) electrons. The molecule has 0 heterocycles. The summed E-state index contributed by atoms with van der Waals surface area (Å²) in [6.07, 6.45) is 5.66. The summed E-state index contributed by atoms with van der Waals surface area (Å²) < 4.78 is 5.30. The molecule has 0 amide bonds. The van der Waals surface area contributed by atoms with Crippen LogP contribution >= 0.6 is 0 Å². The highest BCUT2D eigenvalue weighted by atomic mass is 16.5. The van der Waals surface area contributed by atoms with Gasteiger partial charge in [0.2, 0.25) is 0 Å². The minimum atomic E-state index is -0.0645. The maximum absolute atomic E-state index is 11.2. The Morgan fingerprint density at radius 2 is 2.15 bits per heavy atom. The molecule has 0 atom stereocenters. The van der Waals surface area contributed by atoms with Crippen molar-refractivity contribution in [1.29, 1.82) is 0 Å². The second-order valence-electron chi connectivity index (χ2n) is 3.46. The van der Waals surface area contributed by atoms with Crippen LogP contribution in [0, 0.1) is 0 Å². The molecule has 0 fully saturated rings. The Morgan fingerprint density at radius 3 is 2.77 bits per heavy atom. The molecule has 0 aromatic heterocycles. The second-order valence-corrected chi connectivity index (χ2v) is 3.46. The molecule has 2 nitrogen and oxygen atoms in total. The summed E-state index contributed by atoms with van der Waals surface area (Å²) in [5.41, 5.74) is 1.34. The lowest BCUT2D eigenvalue weighted by atomic mass is 10.2. The average molecular weight is 182 g/mol. The van der Waals surface area contributed by atoms with Crippen molar-refractivity contribution in [3.8, 4) is 0 Å². The number of allylic oxidation sites excluding steroid dienone is 2. The summed E-state index contributed by atoms with van der Waals surface area (Å²) in [5, 5.41) is 0. The number of hydrogen-bond donors (Lipinski definition) is 0. The number of ether oxygens (including phenoxy) is 1. The van der Waals surface area contributed by atoms with Crippen molar-refractivity contribution in [2.75, 3.05) is 0 Å². The van der Waals surface area contributed by atoms with Gasteiger partial charge in [0.15, 0.2) is 0 Å². The van der Waals surface area contributed by atoms with Crippen molar-refractivity contribution in [1.82, 2.24) is 0 Å². The lowest BCUT2D eigenvalue weighted by Gasteiger charge is -2.06. The van der Waals surface area contributed by atoms with Gasteiger partial charge in [-0.1, -0.05) is 13.8 Å². The highest BCUT2D eigenvalue weighted by Crippen LogP contribution is 2.29. The first-order chi connectivity index (χ1) is 6.27. The van der Waals surface area contributed by atoms with Crippen LogP contribution in [0.15, 0.2) is 11.3 Å². The Hall–Kier alpha value is -0.790. The zero-order valence-corrected chi connectivity index (χ0v) is 8.56. The van der Waals surface area contributed by atoms with Crippen molar-refractivity contribution in [2.24, 2.45) is 0 Å². The van der Waals surface area contributed by atoms with Gasteiger partial charge < -0.3 is 4.74 Å². The number of carbonyl (C=O) groups is 1. The predicted octanol–water partition coefficient (Wildman–Crippen LogP) is 3.18. The molecule has 0 aromatic carbocycles. The van der Waals surface area contributed by atoms with Gasteiger partial charge >= 0.3 is 5.97 Å². The van der Waals surface area contributed by atoms with Gasteiger partial charge in [-0.15, -0.1) is 0 Å². The first-order valence-corrected chi connectivity index (χ1v) is 5.19. The summed E-state index contributed by atoms with van der Waals surface area (Å²) in [6, 6.07) is 0. The van der Waals surface area contributed by atoms with E-state index in [1.807, 2.05) is 6.92 Å². The van der Waals surface area contributed by atoms with Crippen LogP contribution < -0.4 is 0 Å². The van der Waals surface area contributed by atoms with Gasteiger partial charge in [-0.2, -0.15) is 0 Å². The molecule has 74 valence electrons. The molecular formula is C11H18O2. The molecule has 0 N–H and O–H groups in total. The van der Waals surface area contributed by atoms with E-state index in [9.17, 15) is 4.79 Å². The molecule has 13 heavy (non-hydrogen) atoms. The van der Waals surface area contributed by atoms with Gasteiger partial charge in [0, 0.05) is 12.8 Å². The largest absolute Gasteiger partial charge is 0.431 e. The van der Waals surface area contributed by atoms with Crippen LogP contribution in [0.4, 0.5) is 0 Å². The third-order valence-electron chi connectivity index (χ3n) is 2.39. The summed E-state index contributed by atoms with van der Waals surface area (Å²) in [6.45, 7) is 4.11. The zero-order chi connectivity index (χ0) is 9.68. The zero-order valence-electron chi connectivity index (χ0n) is 8.56.